The molecule has 2 bridgehead atoms. The van der Waals surface area contributed by atoms with E-state index in [0.717, 1.165) is 24.2 Å². The number of thioether (sulfide) groups is 1. The van der Waals surface area contributed by atoms with Crippen LogP contribution in [0.15, 0.2) is 30.3 Å². The quantitative estimate of drug-likeness (QED) is 0.927. The minimum absolute atomic E-state index is 0.0704. The normalized spacial score (nSPS) is 32.0. The van der Waals surface area contributed by atoms with Crippen LogP contribution in [0, 0.1) is 5.92 Å². The summed E-state index contributed by atoms with van der Waals surface area (Å²) in [5, 5.41) is 11.1. The molecule has 2 aliphatic rings. The highest BCUT2D eigenvalue weighted by molar-refractivity contribution is 7.98. The first kappa shape index (κ1) is 15.9. The third kappa shape index (κ3) is 2.79. The zero-order valence-corrected chi connectivity index (χ0v) is 14.2. The van der Waals surface area contributed by atoms with Crippen molar-refractivity contribution in [3.63, 3.8) is 0 Å². The maximum Gasteiger partial charge on any atom is 0.226 e. The van der Waals surface area contributed by atoms with Crippen molar-refractivity contribution in [3.05, 3.63) is 35.9 Å². The summed E-state index contributed by atoms with van der Waals surface area (Å²) in [4.78, 5) is 14.8. The molecule has 1 aromatic carbocycles. The zero-order valence-electron chi connectivity index (χ0n) is 13.4. The maximum absolute atomic E-state index is 12.7. The molecule has 1 amide bonds. The van der Waals surface area contributed by atoms with Gasteiger partial charge in [0.1, 0.15) is 0 Å². The summed E-state index contributed by atoms with van der Waals surface area (Å²) in [5.74, 6) is 1.22. The first-order valence-electron chi connectivity index (χ1n) is 8.14. The minimum Gasteiger partial charge on any atom is -0.385 e. The van der Waals surface area contributed by atoms with Gasteiger partial charge in [0.15, 0.2) is 0 Å². The lowest BCUT2D eigenvalue weighted by Gasteiger charge is -2.45. The molecular weight excluding hydrogens is 294 g/mol. The molecule has 0 radical (unpaired) electrons. The van der Waals surface area contributed by atoms with Gasteiger partial charge in [-0.1, -0.05) is 37.3 Å². The number of nitrogens with zero attached hydrogens (tertiary/aromatic N) is 1. The molecule has 3 atom stereocenters. The fourth-order valence-corrected chi connectivity index (χ4v) is 4.79. The monoisotopic (exact) mass is 319 g/mol. The van der Waals surface area contributed by atoms with E-state index < -0.39 is 5.60 Å². The maximum atomic E-state index is 12.7. The second-order valence-electron chi connectivity index (χ2n) is 6.79. The van der Waals surface area contributed by atoms with E-state index in [2.05, 4.69) is 4.90 Å². The lowest BCUT2D eigenvalue weighted by atomic mass is 9.80. The fraction of sp³-hybridized carbons (Fsp3) is 0.611. The highest BCUT2D eigenvalue weighted by atomic mass is 32.2. The molecule has 2 fully saturated rings. The van der Waals surface area contributed by atoms with E-state index in [-0.39, 0.29) is 23.9 Å². The number of fused-ring (bicyclic) bond motifs is 2. The Morgan fingerprint density at radius 2 is 1.91 bits per heavy atom. The summed E-state index contributed by atoms with van der Waals surface area (Å²) in [5.41, 5.74) is 0.225. The van der Waals surface area contributed by atoms with Crippen molar-refractivity contribution in [2.45, 2.75) is 50.3 Å². The van der Waals surface area contributed by atoms with E-state index >= 15 is 0 Å². The SMILES string of the molecule is CSCC(C)C(=O)N1C2CCC1CC(O)(c1ccccc1)C2. The molecule has 3 nitrogen and oxygen atoms in total. The van der Waals surface area contributed by atoms with Crippen LogP contribution in [0.2, 0.25) is 0 Å². The summed E-state index contributed by atoms with van der Waals surface area (Å²) >= 11 is 1.72. The molecule has 4 heteroatoms. The lowest BCUT2D eigenvalue weighted by molar-refractivity contribution is -0.145. The third-order valence-electron chi connectivity index (χ3n) is 5.17. The van der Waals surface area contributed by atoms with Crippen LogP contribution in [-0.2, 0) is 10.4 Å². The Morgan fingerprint density at radius 3 is 2.45 bits per heavy atom. The molecule has 0 saturated carbocycles. The molecule has 0 aromatic heterocycles. The first-order valence-corrected chi connectivity index (χ1v) is 9.53. The van der Waals surface area contributed by atoms with Crippen LogP contribution in [0.25, 0.3) is 0 Å². The number of benzene rings is 1. The Bertz CT molecular complexity index is 519. The molecular formula is C18H25NO2S. The van der Waals surface area contributed by atoms with Crippen LogP contribution in [0.5, 0.6) is 0 Å². The van der Waals surface area contributed by atoms with E-state index in [1.165, 1.54) is 0 Å². The number of hydrogen-bond donors (Lipinski definition) is 1. The fourth-order valence-electron chi connectivity index (χ4n) is 4.14. The number of hydrogen-bond acceptors (Lipinski definition) is 3. The van der Waals surface area contributed by atoms with Gasteiger partial charge in [-0.15, -0.1) is 0 Å². The van der Waals surface area contributed by atoms with Crippen LogP contribution < -0.4 is 0 Å². The summed E-state index contributed by atoms with van der Waals surface area (Å²) in [6.07, 6.45) is 5.44. The van der Waals surface area contributed by atoms with Crippen molar-refractivity contribution in [2.75, 3.05) is 12.0 Å². The van der Waals surface area contributed by atoms with Gasteiger partial charge in [0, 0.05) is 36.6 Å². The predicted molar refractivity (Wildman–Crippen MR) is 90.8 cm³/mol. The molecule has 2 aliphatic heterocycles. The molecule has 1 aromatic rings. The van der Waals surface area contributed by atoms with E-state index in [0.29, 0.717) is 12.8 Å². The van der Waals surface area contributed by atoms with E-state index in [1.54, 1.807) is 11.8 Å². The van der Waals surface area contributed by atoms with E-state index in [4.69, 9.17) is 0 Å². The minimum atomic E-state index is -0.771. The molecule has 2 heterocycles. The first-order chi connectivity index (χ1) is 10.5. The Hall–Kier alpha value is -1.00. The van der Waals surface area contributed by atoms with Gasteiger partial charge in [-0.05, 0) is 24.7 Å². The van der Waals surface area contributed by atoms with Gasteiger partial charge >= 0.3 is 0 Å². The van der Waals surface area contributed by atoms with Gasteiger partial charge in [-0.25, -0.2) is 0 Å². The van der Waals surface area contributed by atoms with Crippen molar-refractivity contribution in [1.82, 2.24) is 4.90 Å². The van der Waals surface area contributed by atoms with Crippen LogP contribution in [0.4, 0.5) is 0 Å². The average Bonchev–Trinajstić information content (AvgIpc) is 2.80. The van der Waals surface area contributed by atoms with Gasteiger partial charge in [0.05, 0.1) is 5.60 Å². The summed E-state index contributed by atoms with van der Waals surface area (Å²) in [7, 11) is 0. The molecule has 3 unspecified atom stereocenters. The topological polar surface area (TPSA) is 40.5 Å². The number of amides is 1. The Kier molecular flexibility index (Phi) is 4.51. The Morgan fingerprint density at radius 1 is 1.32 bits per heavy atom. The van der Waals surface area contributed by atoms with Gasteiger partial charge in [0.25, 0.3) is 0 Å². The standard InChI is InChI=1S/C18H25NO2S/c1-13(12-22-2)17(20)19-15-8-9-16(19)11-18(21,10-15)14-6-4-3-5-7-14/h3-7,13,15-16,21H,8-12H2,1-2H3. The number of piperidine rings is 1. The van der Waals surface area contributed by atoms with Gasteiger partial charge in [-0.2, -0.15) is 11.8 Å². The second kappa shape index (κ2) is 6.25. The predicted octanol–water partition coefficient (Wildman–Crippen LogP) is 3.03. The number of carbonyl (C=O) groups is 1. The second-order valence-corrected chi connectivity index (χ2v) is 7.70. The summed E-state index contributed by atoms with van der Waals surface area (Å²) < 4.78 is 0. The molecule has 120 valence electrons. The van der Waals surface area contributed by atoms with Crippen molar-refractivity contribution >= 4 is 17.7 Å². The van der Waals surface area contributed by atoms with Crippen LogP contribution in [-0.4, -0.2) is 40.0 Å². The number of rotatable bonds is 4. The molecule has 0 aliphatic carbocycles. The van der Waals surface area contributed by atoms with E-state index in [1.807, 2.05) is 43.5 Å². The molecule has 0 spiro atoms. The zero-order chi connectivity index (χ0) is 15.7. The summed E-state index contributed by atoms with van der Waals surface area (Å²) in [6.45, 7) is 2.02. The van der Waals surface area contributed by atoms with Crippen molar-refractivity contribution < 1.29 is 9.90 Å². The highest BCUT2D eigenvalue weighted by Gasteiger charge is 2.50. The van der Waals surface area contributed by atoms with Crippen molar-refractivity contribution in [1.29, 1.82) is 0 Å². The molecule has 3 rings (SSSR count). The largest absolute Gasteiger partial charge is 0.385 e. The molecule has 1 N–H and O–H groups in total. The van der Waals surface area contributed by atoms with Gasteiger partial charge in [0.2, 0.25) is 5.91 Å². The van der Waals surface area contributed by atoms with Crippen LogP contribution in [0.3, 0.4) is 0 Å². The average molecular weight is 319 g/mol. The van der Waals surface area contributed by atoms with Crippen molar-refractivity contribution in [3.8, 4) is 0 Å². The van der Waals surface area contributed by atoms with Crippen molar-refractivity contribution in [2.24, 2.45) is 5.92 Å². The Balaban J connectivity index is 1.78. The smallest absolute Gasteiger partial charge is 0.226 e. The molecule has 22 heavy (non-hydrogen) atoms. The highest BCUT2D eigenvalue weighted by Crippen LogP contribution is 2.46. The Labute approximate surface area is 137 Å². The van der Waals surface area contributed by atoms with Gasteiger partial charge < -0.3 is 10.0 Å². The van der Waals surface area contributed by atoms with E-state index in [9.17, 15) is 9.90 Å². The van der Waals surface area contributed by atoms with Crippen LogP contribution >= 0.6 is 11.8 Å². The number of aliphatic hydroxyl groups is 1. The molecule has 2 saturated heterocycles. The lowest BCUT2D eigenvalue weighted by Crippen LogP contribution is -2.53. The summed E-state index contributed by atoms with van der Waals surface area (Å²) in [6, 6.07) is 10.3. The number of carbonyl (C=O) groups excluding carboxylic acids is 1. The van der Waals surface area contributed by atoms with Crippen LogP contribution in [0.1, 0.15) is 38.2 Å². The van der Waals surface area contributed by atoms with Gasteiger partial charge in [-0.3, -0.25) is 4.79 Å². The third-order valence-corrected chi connectivity index (χ3v) is 6.00.